The van der Waals surface area contributed by atoms with Gasteiger partial charge < -0.3 is 25.3 Å². The number of aromatic nitrogens is 2. The van der Waals surface area contributed by atoms with Crippen molar-refractivity contribution < 1.29 is 41.0 Å². The summed E-state index contributed by atoms with van der Waals surface area (Å²) in [5.74, 6) is -1.12. The molecule has 11 nitrogen and oxygen atoms in total. The summed E-state index contributed by atoms with van der Waals surface area (Å²) in [7, 11) is -4.50. The van der Waals surface area contributed by atoms with Gasteiger partial charge in [-0.05, 0) is 64.2 Å². The van der Waals surface area contributed by atoms with Gasteiger partial charge in [-0.1, -0.05) is 11.6 Å². The van der Waals surface area contributed by atoms with Gasteiger partial charge in [-0.15, -0.1) is 0 Å². The van der Waals surface area contributed by atoms with E-state index in [1.165, 1.54) is 16.9 Å². The zero-order valence-corrected chi connectivity index (χ0v) is 23.4. The fraction of sp³-hybridized carbons (Fsp3) is 0.542. The second-order valence-electron chi connectivity index (χ2n) is 10.3. The molecule has 2 aliphatic rings. The molecular weight excluding hydrogens is 579 g/mol. The van der Waals surface area contributed by atoms with E-state index in [1.807, 2.05) is 0 Å². The predicted octanol–water partition coefficient (Wildman–Crippen LogP) is 2.90. The van der Waals surface area contributed by atoms with E-state index in [1.54, 1.807) is 6.92 Å². The maximum atomic E-state index is 13.9. The molecule has 1 aliphatic carbocycles. The fourth-order valence-electron chi connectivity index (χ4n) is 4.73. The zero-order chi connectivity index (χ0) is 29.8. The van der Waals surface area contributed by atoms with Crippen molar-refractivity contribution in [2.45, 2.75) is 69.3 Å². The highest BCUT2D eigenvalue weighted by molar-refractivity contribution is 7.93. The number of carboxylic acid groups (broad SMARTS) is 1. The molecule has 220 valence electrons. The largest absolute Gasteiger partial charge is 0.530 e. The number of alkyl halides is 3. The minimum absolute atomic E-state index is 0.00245. The van der Waals surface area contributed by atoms with E-state index >= 15 is 0 Å². The highest BCUT2D eigenvalue weighted by atomic mass is 35.5. The summed E-state index contributed by atoms with van der Waals surface area (Å²) in [4.78, 5) is 23.7. The van der Waals surface area contributed by atoms with Gasteiger partial charge in [0.05, 0.1) is 12.2 Å². The molecule has 1 aromatic carbocycles. The van der Waals surface area contributed by atoms with Crippen LogP contribution in [-0.2, 0) is 21.4 Å². The predicted molar refractivity (Wildman–Crippen MR) is 136 cm³/mol. The van der Waals surface area contributed by atoms with E-state index in [0.717, 1.165) is 29.3 Å². The normalized spacial score (nSPS) is 18.6. The Morgan fingerprint density at radius 1 is 1.30 bits per heavy atom. The average molecular weight is 607 g/mol. The van der Waals surface area contributed by atoms with E-state index in [4.69, 9.17) is 22.1 Å². The van der Waals surface area contributed by atoms with Gasteiger partial charge in [-0.3, -0.25) is 13.8 Å². The first kappa shape index (κ1) is 29.8. The summed E-state index contributed by atoms with van der Waals surface area (Å²) in [5, 5.41) is 15.6. The number of carbonyl (C=O) groups excluding carboxylic acids is 2. The second kappa shape index (κ2) is 10.3. The average Bonchev–Trinajstić information content (AvgIpc) is 3.61. The van der Waals surface area contributed by atoms with Crippen LogP contribution >= 0.6 is 11.6 Å². The van der Waals surface area contributed by atoms with Crippen LogP contribution in [-0.4, -0.2) is 54.6 Å². The molecule has 0 unspecified atom stereocenters. The van der Waals surface area contributed by atoms with Gasteiger partial charge in [0, 0.05) is 24.3 Å². The van der Waals surface area contributed by atoms with Crippen molar-refractivity contribution in [2.24, 2.45) is 17.6 Å². The van der Waals surface area contributed by atoms with Crippen molar-refractivity contribution >= 4 is 45.0 Å². The van der Waals surface area contributed by atoms with Gasteiger partial charge >= 0.3 is 6.18 Å². The number of halogens is 4. The highest BCUT2D eigenvalue weighted by Gasteiger charge is 2.52. The maximum Gasteiger partial charge on any atom is 0.411 e. The molecule has 2 aromatic rings. The number of ether oxygens (including phenoxy) is 1. The number of rotatable bonds is 9. The summed E-state index contributed by atoms with van der Waals surface area (Å²) in [5.41, 5.74) is 1.94. The Bertz CT molecular complexity index is 1430. The Kier molecular flexibility index (Phi) is 7.69. The van der Waals surface area contributed by atoms with Crippen molar-refractivity contribution in [1.82, 2.24) is 9.78 Å². The molecule has 0 bridgehead atoms. The number of carbonyl (C=O) groups is 2. The number of aryl methyl sites for hydroxylation is 1. The molecular formula is C24H28ClF3N5O6S-. The smallest absolute Gasteiger partial charge is 0.411 e. The second-order valence-corrected chi connectivity index (χ2v) is 12.5. The van der Waals surface area contributed by atoms with E-state index in [9.17, 15) is 36.3 Å². The van der Waals surface area contributed by atoms with E-state index in [-0.39, 0.29) is 45.3 Å². The van der Waals surface area contributed by atoms with Crippen molar-refractivity contribution in [3.8, 4) is 5.75 Å². The molecule has 0 spiro atoms. The minimum atomic E-state index is -4.99. The van der Waals surface area contributed by atoms with Crippen LogP contribution in [0.15, 0.2) is 29.3 Å². The summed E-state index contributed by atoms with van der Waals surface area (Å²) >= 11 is 6.15. The topological polar surface area (TPSA) is 151 Å². The molecule has 2 heterocycles. The number of nitrogens with two attached hydrogens (primary N) is 1. The molecule has 1 aromatic heterocycles. The van der Waals surface area contributed by atoms with Crippen LogP contribution in [0.2, 0.25) is 5.15 Å². The van der Waals surface area contributed by atoms with Gasteiger partial charge in [0.25, 0.3) is 10.0 Å². The van der Waals surface area contributed by atoms with Gasteiger partial charge in [0.15, 0.2) is 5.15 Å². The lowest BCUT2D eigenvalue weighted by Gasteiger charge is -2.42. The van der Waals surface area contributed by atoms with Gasteiger partial charge in [-0.25, -0.2) is 8.42 Å². The van der Waals surface area contributed by atoms with Crippen LogP contribution < -0.4 is 24.8 Å². The molecule has 16 heteroatoms. The molecule has 2 atom stereocenters. The van der Waals surface area contributed by atoms with Crippen molar-refractivity contribution in [2.75, 3.05) is 15.7 Å². The third-order valence-corrected chi connectivity index (χ3v) is 9.39. The van der Waals surface area contributed by atoms with E-state index in [2.05, 4.69) is 5.10 Å². The number of benzene rings is 1. The molecule has 2 amide bonds. The maximum absolute atomic E-state index is 13.9. The number of primary amides is 1. The lowest BCUT2D eigenvalue weighted by molar-refractivity contribution is -0.254. The Labute approximate surface area is 233 Å². The Hall–Kier alpha value is -3.20. The molecule has 0 saturated heterocycles. The molecule has 40 heavy (non-hydrogen) atoms. The fourth-order valence-corrected chi connectivity index (χ4v) is 6.68. The number of sulfonamides is 1. The quantitative estimate of drug-likeness (QED) is 0.461. The summed E-state index contributed by atoms with van der Waals surface area (Å²) in [6.45, 7) is 2.98. The number of fused-ring (bicyclic) bond motifs is 1. The first-order valence-corrected chi connectivity index (χ1v) is 14.2. The molecule has 1 fully saturated rings. The van der Waals surface area contributed by atoms with Crippen molar-refractivity contribution in [3.63, 3.8) is 0 Å². The highest BCUT2D eigenvalue weighted by Crippen LogP contribution is 2.46. The number of amides is 2. The lowest BCUT2D eigenvalue weighted by Crippen LogP contribution is -2.60. The van der Waals surface area contributed by atoms with Crippen LogP contribution in [0.4, 0.5) is 29.3 Å². The van der Waals surface area contributed by atoms with Crippen LogP contribution in [0.1, 0.15) is 40.0 Å². The van der Waals surface area contributed by atoms with Gasteiger partial charge in [-0.2, -0.15) is 18.3 Å². The standard InChI is InChI=1S/C24H29ClF3N5O6S/c1-4-31-12-19(20(25)30-31)40(37,38)32-11-15(10-16(21(29)34)13-5-6-13)39-18-8-7-14(9-17(18)32)33(22(35)36)23(2,3)24(26,27)28/h7-9,12-13,15-16H,4-6,10-11H2,1-3H3,(H2,29,34)(H,35,36)/p-1/t15-,16+/m0/s1. The Morgan fingerprint density at radius 2 is 1.95 bits per heavy atom. The van der Waals surface area contributed by atoms with Crippen molar-refractivity contribution in [3.05, 3.63) is 29.5 Å². The summed E-state index contributed by atoms with van der Waals surface area (Å²) in [6.07, 6.45) is -5.10. The van der Waals surface area contributed by atoms with Crippen LogP contribution in [0.25, 0.3) is 0 Å². The van der Waals surface area contributed by atoms with Crippen LogP contribution in [0.5, 0.6) is 5.75 Å². The first-order chi connectivity index (χ1) is 18.5. The van der Waals surface area contributed by atoms with E-state index in [0.29, 0.717) is 20.4 Å². The van der Waals surface area contributed by atoms with Crippen molar-refractivity contribution in [1.29, 1.82) is 0 Å². The number of hydrogen-bond acceptors (Lipinski definition) is 7. The van der Waals surface area contributed by atoms with Crippen LogP contribution in [0.3, 0.4) is 0 Å². The molecule has 0 radical (unpaired) electrons. The SMILES string of the molecule is CCn1cc(S(=O)(=O)N2C[C@H](C[C@@H](C(N)=O)C3CC3)Oc3ccc(N(C(=O)[O-])C(C)(C)C(F)(F)F)cc32)c(Cl)n1. The molecule has 2 N–H and O–H groups in total. The third-order valence-electron chi connectivity index (χ3n) is 7.22. The summed E-state index contributed by atoms with van der Waals surface area (Å²) < 4.78 is 77.4. The number of hydrogen-bond donors (Lipinski definition) is 1. The molecule has 1 saturated carbocycles. The Morgan fingerprint density at radius 3 is 2.45 bits per heavy atom. The Balaban J connectivity index is 1.84. The van der Waals surface area contributed by atoms with Gasteiger partial charge in [0.1, 0.15) is 28.4 Å². The molecule has 4 rings (SSSR count). The lowest BCUT2D eigenvalue weighted by atomic mass is 9.95. The number of nitrogens with zero attached hydrogens (tertiary/aromatic N) is 4. The molecule has 1 aliphatic heterocycles. The first-order valence-electron chi connectivity index (χ1n) is 12.4. The van der Waals surface area contributed by atoms with E-state index < -0.39 is 51.4 Å². The summed E-state index contributed by atoms with van der Waals surface area (Å²) in [6, 6.07) is 3.20. The zero-order valence-electron chi connectivity index (χ0n) is 21.8. The van der Waals surface area contributed by atoms with Crippen LogP contribution in [0, 0.1) is 11.8 Å². The minimum Gasteiger partial charge on any atom is -0.530 e. The third kappa shape index (κ3) is 5.40. The monoisotopic (exact) mass is 606 g/mol. The van der Waals surface area contributed by atoms with Gasteiger partial charge in [0.2, 0.25) is 5.91 Å². The number of anilines is 2.